The maximum atomic E-state index is 12.4. The van der Waals surface area contributed by atoms with E-state index in [1.807, 2.05) is 11.0 Å². The minimum Gasteiger partial charge on any atom is -0.320 e. The lowest BCUT2D eigenvalue weighted by molar-refractivity contribution is -0.119. The van der Waals surface area contributed by atoms with E-state index in [-0.39, 0.29) is 29.8 Å². The van der Waals surface area contributed by atoms with Crippen molar-refractivity contribution in [3.63, 3.8) is 0 Å². The summed E-state index contributed by atoms with van der Waals surface area (Å²) in [5.74, 6) is 0.0908. The first-order valence-corrected chi connectivity index (χ1v) is 6.84. The molecule has 1 amide bonds. The molecule has 3 rings (SSSR count). The monoisotopic (exact) mass is 280 g/mol. The van der Waals surface area contributed by atoms with Gasteiger partial charge in [0.2, 0.25) is 5.91 Å². The smallest absolute Gasteiger partial charge is 0.243 e. The minimum atomic E-state index is -0.350. The standard InChI is InChI=1S/C15H20N2O.ClH/c1-2-5-12(16)14(18)17-10-15(8-9-15)11-6-3-4-7-13(11)17;/h3-4,6-7,12H,2,5,8-10,16H2,1H3;1H. The molecule has 0 radical (unpaired) electrons. The predicted octanol–water partition coefficient (Wildman–Crippen LogP) is 2.61. The molecule has 3 nitrogen and oxygen atoms in total. The van der Waals surface area contributed by atoms with Gasteiger partial charge >= 0.3 is 0 Å². The second-order valence-corrected chi connectivity index (χ2v) is 5.62. The molecule has 1 fully saturated rings. The summed E-state index contributed by atoms with van der Waals surface area (Å²) in [7, 11) is 0. The molecule has 1 atom stereocenters. The zero-order valence-corrected chi connectivity index (χ0v) is 12.1. The third kappa shape index (κ3) is 2.26. The first-order chi connectivity index (χ1) is 8.68. The van der Waals surface area contributed by atoms with E-state index in [9.17, 15) is 4.79 Å². The Morgan fingerprint density at radius 3 is 2.74 bits per heavy atom. The molecule has 0 aromatic heterocycles. The summed E-state index contributed by atoms with van der Waals surface area (Å²) < 4.78 is 0. The van der Waals surface area contributed by atoms with E-state index < -0.39 is 0 Å². The topological polar surface area (TPSA) is 46.3 Å². The van der Waals surface area contributed by atoms with E-state index in [0.29, 0.717) is 0 Å². The normalized spacial score (nSPS) is 19.8. The van der Waals surface area contributed by atoms with Crippen LogP contribution in [0.15, 0.2) is 24.3 Å². The van der Waals surface area contributed by atoms with E-state index >= 15 is 0 Å². The van der Waals surface area contributed by atoms with Crippen molar-refractivity contribution < 1.29 is 4.79 Å². The molecule has 19 heavy (non-hydrogen) atoms. The zero-order chi connectivity index (χ0) is 12.8. The summed E-state index contributed by atoms with van der Waals surface area (Å²) in [5, 5.41) is 0. The van der Waals surface area contributed by atoms with Crippen molar-refractivity contribution in [1.29, 1.82) is 0 Å². The molecule has 1 aliphatic carbocycles. The number of nitrogens with zero attached hydrogens (tertiary/aromatic N) is 1. The Hall–Kier alpha value is -1.06. The van der Waals surface area contributed by atoms with Crippen LogP contribution in [0.2, 0.25) is 0 Å². The van der Waals surface area contributed by atoms with Crippen molar-refractivity contribution in [2.24, 2.45) is 5.73 Å². The summed E-state index contributed by atoms with van der Waals surface area (Å²) in [5.41, 5.74) is 8.68. The Morgan fingerprint density at radius 2 is 2.11 bits per heavy atom. The van der Waals surface area contributed by atoms with Gasteiger partial charge in [-0.05, 0) is 30.9 Å². The Balaban J connectivity index is 0.00000133. The molecule has 1 aromatic rings. The van der Waals surface area contributed by atoms with Crippen molar-refractivity contribution in [3.8, 4) is 0 Å². The van der Waals surface area contributed by atoms with Gasteiger partial charge in [0.1, 0.15) is 0 Å². The molecule has 1 unspecified atom stereocenters. The molecule has 1 aliphatic heterocycles. The first-order valence-electron chi connectivity index (χ1n) is 6.84. The van der Waals surface area contributed by atoms with Crippen molar-refractivity contribution in [1.82, 2.24) is 0 Å². The Morgan fingerprint density at radius 1 is 1.42 bits per heavy atom. The van der Waals surface area contributed by atoms with Crippen molar-refractivity contribution in [2.45, 2.75) is 44.1 Å². The van der Waals surface area contributed by atoms with Crippen LogP contribution in [-0.2, 0) is 10.2 Å². The van der Waals surface area contributed by atoms with Crippen LogP contribution >= 0.6 is 12.4 Å². The molecule has 4 heteroatoms. The summed E-state index contributed by atoms with van der Waals surface area (Å²) in [6, 6.07) is 7.95. The third-order valence-electron chi connectivity index (χ3n) is 4.26. The van der Waals surface area contributed by atoms with Gasteiger partial charge in [0.05, 0.1) is 6.04 Å². The molecule has 1 aromatic carbocycles. The molecular weight excluding hydrogens is 260 g/mol. The van der Waals surface area contributed by atoms with Gasteiger partial charge in [-0.3, -0.25) is 4.79 Å². The Bertz CT molecular complexity index is 485. The molecule has 0 saturated heterocycles. The average molecular weight is 281 g/mol. The van der Waals surface area contributed by atoms with Crippen LogP contribution in [-0.4, -0.2) is 18.5 Å². The van der Waals surface area contributed by atoms with Crippen LogP contribution in [0, 0.1) is 0 Å². The molecule has 1 heterocycles. The lowest BCUT2D eigenvalue weighted by Crippen LogP contribution is -2.44. The fourth-order valence-corrected chi connectivity index (χ4v) is 3.04. The average Bonchev–Trinajstić information content (AvgIpc) is 3.08. The summed E-state index contributed by atoms with van der Waals surface area (Å²) >= 11 is 0. The molecule has 1 spiro atoms. The summed E-state index contributed by atoms with van der Waals surface area (Å²) in [6.45, 7) is 2.90. The van der Waals surface area contributed by atoms with Gasteiger partial charge in [-0.1, -0.05) is 31.5 Å². The van der Waals surface area contributed by atoms with Gasteiger partial charge in [0.15, 0.2) is 0 Å². The molecule has 104 valence electrons. The quantitative estimate of drug-likeness (QED) is 0.925. The predicted molar refractivity (Wildman–Crippen MR) is 79.8 cm³/mol. The van der Waals surface area contributed by atoms with Crippen LogP contribution in [0.5, 0.6) is 0 Å². The number of anilines is 1. The van der Waals surface area contributed by atoms with E-state index in [4.69, 9.17) is 5.73 Å². The number of rotatable bonds is 3. The number of nitrogens with two attached hydrogens (primary N) is 1. The fraction of sp³-hybridized carbons (Fsp3) is 0.533. The van der Waals surface area contributed by atoms with Gasteiger partial charge in [-0.2, -0.15) is 0 Å². The van der Waals surface area contributed by atoms with E-state index in [0.717, 1.165) is 25.1 Å². The fourth-order valence-electron chi connectivity index (χ4n) is 3.04. The second-order valence-electron chi connectivity index (χ2n) is 5.62. The number of carbonyl (C=O) groups is 1. The number of halogens is 1. The summed E-state index contributed by atoms with van der Waals surface area (Å²) in [6.07, 6.45) is 4.13. The number of benzene rings is 1. The van der Waals surface area contributed by atoms with Gasteiger partial charge in [-0.15, -0.1) is 12.4 Å². The summed E-state index contributed by atoms with van der Waals surface area (Å²) in [4.78, 5) is 14.3. The highest BCUT2D eigenvalue weighted by Crippen LogP contribution is 2.56. The number of fused-ring (bicyclic) bond motifs is 2. The molecule has 2 aliphatic rings. The van der Waals surface area contributed by atoms with Crippen LogP contribution < -0.4 is 10.6 Å². The number of amides is 1. The van der Waals surface area contributed by atoms with Crippen molar-refractivity contribution >= 4 is 24.0 Å². The molecular formula is C15H21ClN2O. The molecule has 2 N–H and O–H groups in total. The van der Waals surface area contributed by atoms with Crippen LogP contribution in [0.25, 0.3) is 0 Å². The van der Waals surface area contributed by atoms with E-state index in [1.165, 1.54) is 18.4 Å². The lowest BCUT2D eigenvalue weighted by atomic mass is 9.99. The van der Waals surface area contributed by atoms with Crippen LogP contribution in [0.1, 0.15) is 38.2 Å². The Labute approximate surface area is 120 Å². The number of hydrogen-bond donors (Lipinski definition) is 1. The number of hydrogen-bond acceptors (Lipinski definition) is 2. The molecule has 0 bridgehead atoms. The minimum absolute atomic E-state index is 0. The van der Waals surface area contributed by atoms with Gasteiger partial charge in [-0.25, -0.2) is 0 Å². The van der Waals surface area contributed by atoms with Crippen LogP contribution in [0.3, 0.4) is 0 Å². The largest absolute Gasteiger partial charge is 0.320 e. The SMILES string of the molecule is CCCC(N)C(=O)N1CC2(CC2)c2ccccc21.Cl. The van der Waals surface area contributed by atoms with Gasteiger partial charge in [0.25, 0.3) is 0 Å². The third-order valence-corrected chi connectivity index (χ3v) is 4.26. The highest BCUT2D eigenvalue weighted by atomic mass is 35.5. The van der Waals surface area contributed by atoms with Crippen molar-refractivity contribution in [3.05, 3.63) is 29.8 Å². The van der Waals surface area contributed by atoms with Crippen molar-refractivity contribution in [2.75, 3.05) is 11.4 Å². The van der Waals surface area contributed by atoms with E-state index in [2.05, 4.69) is 25.1 Å². The molecule has 1 saturated carbocycles. The zero-order valence-electron chi connectivity index (χ0n) is 11.3. The Kier molecular flexibility index (Phi) is 3.88. The van der Waals surface area contributed by atoms with Gasteiger partial charge in [0, 0.05) is 17.6 Å². The van der Waals surface area contributed by atoms with E-state index in [1.54, 1.807) is 0 Å². The first kappa shape index (κ1) is 14.4. The van der Waals surface area contributed by atoms with Gasteiger partial charge < -0.3 is 10.6 Å². The maximum Gasteiger partial charge on any atom is 0.243 e. The van der Waals surface area contributed by atoms with Crippen LogP contribution in [0.4, 0.5) is 5.69 Å². The number of para-hydroxylation sites is 1. The highest BCUT2D eigenvalue weighted by Gasteiger charge is 2.53. The lowest BCUT2D eigenvalue weighted by Gasteiger charge is -2.21. The second kappa shape index (κ2) is 5.14. The number of carbonyl (C=O) groups excluding carboxylic acids is 1. The maximum absolute atomic E-state index is 12.4. The highest BCUT2D eigenvalue weighted by molar-refractivity contribution is 5.99.